The van der Waals surface area contributed by atoms with Crippen molar-refractivity contribution in [3.63, 3.8) is 0 Å². The number of aryl methyl sites for hydroxylation is 3. The van der Waals surface area contributed by atoms with Crippen molar-refractivity contribution in [3.05, 3.63) is 35.0 Å². The molecule has 0 aliphatic heterocycles. The lowest BCUT2D eigenvalue weighted by molar-refractivity contribution is 0.751. The van der Waals surface area contributed by atoms with Gasteiger partial charge in [-0.3, -0.25) is 0 Å². The molecule has 0 aromatic carbocycles. The van der Waals surface area contributed by atoms with Crippen molar-refractivity contribution in [2.75, 3.05) is 7.05 Å². The van der Waals surface area contributed by atoms with Crippen LogP contribution < -0.4 is 5.32 Å². The van der Waals surface area contributed by atoms with Crippen LogP contribution in [-0.4, -0.2) is 26.8 Å². The van der Waals surface area contributed by atoms with Gasteiger partial charge in [0.1, 0.15) is 5.82 Å². The van der Waals surface area contributed by atoms with Crippen LogP contribution in [0.4, 0.5) is 0 Å². The van der Waals surface area contributed by atoms with Gasteiger partial charge in [-0.05, 0) is 31.2 Å². The highest BCUT2D eigenvalue weighted by molar-refractivity contribution is 5.31. The Morgan fingerprint density at radius 3 is 2.45 bits per heavy atom. The highest BCUT2D eigenvalue weighted by atomic mass is 15.4. The summed E-state index contributed by atoms with van der Waals surface area (Å²) in [7, 11) is 1.95. The summed E-state index contributed by atoms with van der Waals surface area (Å²) in [6, 6.07) is 4.23. The number of rotatable bonds is 6. The van der Waals surface area contributed by atoms with Crippen LogP contribution in [-0.2, 0) is 25.8 Å². The first-order valence-corrected chi connectivity index (χ1v) is 7.31. The molecule has 5 heteroatoms. The van der Waals surface area contributed by atoms with Crippen LogP contribution in [0.1, 0.15) is 43.7 Å². The predicted molar refractivity (Wildman–Crippen MR) is 80.1 cm³/mol. The van der Waals surface area contributed by atoms with Gasteiger partial charge in [0, 0.05) is 25.1 Å². The predicted octanol–water partition coefficient (Wildman–Crippen LogP) is 2.07. The van der Waals surface area contributed by atoms with Crippen LogP contribution >= 0.6 is 0 Å². The zero-order chi connectivity index (χ0) is 14.5. The molecule has 0 amide bonds. The zero-order valence-corrected chi connectivity index (χ0v) is 12.8. The maximum Gasteiger partial charge on any atom is 0.156 e. The van der Waals surface area contributed by atoms with E-state index in [-0.39, 0.29) is 0 Å². The maximum absolute atomic E-state index is 4.69. The molecule has 1 N–H and O–H groups in total. The molecule has 0 saturated heterocycles. The van der Waals surface area contributed by atoms with Crippen molar-refractivity contribution in [2.45, 2.75) is 46.6 Å². The third-order valence-electron chi connectivity index (χ3n) is 3.24. The lowest BCUT2D eigenvalue weighted by Gasteiger charge is -2.09. The SMILES string of the molecule is CCc1cc(CNC)cc(-n2nc(CC)nc2CC)n1. The number of hydrogen-bond donors (Lipinski definition) is 1. The van der Waals surface area contributed by atoms with Gasteiger partial charge in [0.25, 0.3) is 0 Å². The topological polar surface area (TPSA) is 55.6 Å². The van der Waals surface area contributed by atoms with E-state index in [4.69, 9.17) is 4.98 Å². The molecule has 0 unspecified atom stereocenters. The summed E-state index contributed by atoms with van der Waals surface area (Å²) in [6.45, 7) is 7.12. The van der Waals surface area contributed by atoms with Gasteiger partial charge in [0.2, 0.25) is 0 Å². The third kappa shape index (κ3) is 3.04. The number of pyridine rings is 1. The van der Waals surface area contributed by atoms with Crippen molar-refractivity contribution in [3.8, 4) is 5.82 Å². The van der Waals surface area contributed by atoms with E-state index in [9.17, 15) is 0 Å². The summed E-state index contributed by atoms with van der Waals surface area (Å²) in [4.78, 5) is 9.24. The quantitative estimate of drug-likeness (QED) is 0.875. The van der Waals surface area contributed by atoms with E-state index >= 15 is 0 Å². The molecule has 5 nitrogen and oxygen atoms in total. The Kier molecular flexibility index (Phi) is 4.84. The molecule has 0 saturated carbocycles. The molecule has 2 heterocycles. The van der Waals surface area contributed by atoms with Crippen LogP contribution in [0.15, 0.2) is 12.1 Å². The summed E-state index contributed by atoms with van der Waals surface area (Å²) < 4.78 is 1.89. The van der Waals surface area contributed by atoms with Gasteiger partial charge in [-0.1, -0.05) is 20.8 Å². The molecule has 0 fully saturated rings. The summed E-state index contributed by atoms with van der Waals surface area (Å²) >= 11 is 0. The van der Waals surface area contributed by atoms with Gasteiger partial charge < -0.3 is 5.32 Å². The second-order valence-corrected chi connectivity index (χ2v) is 4.77. The lowest BCUT2D eigenvalue weighted by atomic mass is 10.2. The fourth-order valence-corrected chi connectivity index (χ4v) is 2.18. The fraction of sp³-hybridized carbons (Fsp3) is 0.533. The monoisotopic (exact) mass is 273 g/mol. The van der Waals surface area contributed by atoms with Gasteiger partial charge in [-0.25, -0.2) is 9.97 Å². The minimum atomic E-state index is 0.833. The molecule has 2 rings (SSSR count). The summed E-state index contributed by atoms with van der Waals surface area (Å²) in [5.41, 5.74) is 2.31. The van der Waals surface area contributed by atoms with E-state index in [1.807, 2.05) is 11.7 Å². The molecule has 2 aromatic heterocycles. The molecule has 0 atom stereocenters. The molecule has 0 bridgehead atoms. The smallest absolute Gasteiger partial charge is 0.156 e. The summed E-state index contributed by atoms with van der Waals surface area (Å²) in [6.07, 6.45) is 2.62. The average Bonchev–Trinajstić information content (AvgIpc) is 2.90. The summed E-state index contributed by atoms with van der Waals surface area (Å²) in [5, 5.41) is 7.75. The Hall–Kier alpha value is -1.75. The number of nitrogens with zero attached hydrogens (tertiary/aromatic N) is 4. The second-order valence-electron chi connectivity index (χ2n) is 4.77. The molecule has 0 aliphatic carbocycles. The number of hydrogen-bond acceptors (Lipinski definition) is 4. The van der Waals surface area contributed by atoms with Crippen molar-refractivity contribution in [1.82, 2.24) is 25.1 Å². The van der Waals surface area contributed by atoms with Crippen LogP contribution in [0.2, 0.25) is 0 Å². The van der Waals surface area contributed by atoms with Gasteiger partial charge in [0.05, 0.1) is 0 Å². The van der Waals surface area contributed by atoms with Crippen LogP contribution in [0, 0.1) is 0 Å². The highest BCUT2D eigenvalue weighted by Crippen LogP contribution is 2.13. The van der Waals surface area contributed by atoms with Gasteiger partial charge >= 0.3 is 0 Å². The number of aromatic nitrogens is 4. The molecule has 0 spiro atoms. The van der Waals surface area contributed by atoms with Gasteiger partial charge in [-0.15, -0.1) is 5.10 Å². The third-order valence-corrected chi connectivity index (χ3v) is 3.24. The molecule has 2 aromatic rings. The van der Waals surface area contributed by atoms with E-state index < -0.39 is 0 Å². The van der Waals surface area contributed by atoms with E-state index in [0.717, 1.165) is 49.0 Å². The highest BCUT2D eigenvalue weighted by Gasteiger charge is 2.11. The zero-order valence-electron chi connectivity index (χ0n) is 12.8. The Labute approximate surface area is 120 Å². The Bertz CT molecular complexity index is 574. The van der Waals surface area contributed by atoms with Crippen molar-refractivity contribution < 1.29 is 0 Å². The molecule has 0 aliphatic rings. The lowest BCUT2D eigenvalue weighted by Crippen LogP contribution is -2.10. The normalized spacial score (nSPS) is 11.0. The first-order chi connectivity index (χ1) is 9.71. The summed E-state index contributed by atoms with van der Waals surface area (Å²) in [5.74, 6) is 2.72. The Morgan fingerprint density at radius 2 is 1.85 bits per heavy atom. The van der Waals surface area contributed by atoms with Crippen LogP contribution in [0.5, 0.6) is 0 Å². The van der Waals surface area contributed by atoms with E-state index in [1.54, 1.807) is 0 Å². The van der Waals surface area contributed by atoms with E-state index in [2.05, 4.69) is 48.3 Å². The fourth-order valence-electron chi connectivity index (χ4n) is 2.18. The Balaban J connectivity index is 2.50. The van der Waals surface area contributed by atoms with E-state index in [0.29, 0.717) is 0 Å². The van der Waals surface area contributed by atoms with Gasteiger partial charge in [-0.2, -0.15) is 4.68 Å². The van der Waals surface area contributed by atoms with Crippen molar-refractivity contribution in [1.29, 1.82) is 0 Å². The van der Waals surface area contributed by atoms with Crippen LogP contribution in [0.3, 0.4) is 0 Å². The van der Waals surface area contributed by atoms with Crippen molar-refractivity contribution in [2.24, 2.45) is 0 Å². The first kappa shape index (κ1) is 14.7. The minimum Gasteiger partial charge on any atom is -0.316 e. The minimum absolute atomic E-state index is 0.833. The standard InChI is InChI=1S/C15H23N5/c1-5-12-8-11(10-16-4)9-15(17-12)20-14(7-3)18-13(6-2)19-20/h8-9,16H,5-7,10H2,1-4H3. The molecule has 20 heavy (non-hydrogen) atoms. The Morgan fingerprint density at radius 1 is 1.05 bits per heavy atom. The molecular formula is C15H23N5. The molecule has 108 valence electrons. The molecule has 0 radical (unpaired) electrons. The first-order valence-electron chi connectivity index (χ1n) is 7.31. The van der Waals surface area contributed by atoms with E-state index in [1.165, 1.54) is 5.56 Å². The van der Waals surface area contributed by atoms with Crippen LogP contribution in [0.25, 0.3) is 5.82 Å². The molecular weight excluding hydrogens is 250 g/mol. The number of nitrogens with one attached hydrogen (secondary N) is 1. The maximum atomic E-state index is 4.69. The average molecular weight is 273 g/mol. The van der Waals surface area contributed by atoms with Crippen molar-refractivity contribution >= 4 is 0 Å². The largest absolute Gasteiger partial charge is 0.316 e. The van der Waals surface area contributed by atoms with Gasteiger partial charge in [0.15, 0.2) is 11.6 Å². The second kappa shape index (κ2) is 6.61.